The van der Waals surface area contributed by atoms with E-state index < -0.39 is 17.6 Å². The molecule has 0 atom stereocenters. The fraction of sp³-hybridized carbons (Fsp3) is 0.0714. The number of amides is 1. The SMILES string of the molecule is NC(=O)c1cnn2c(-c3ccccc3C(F)(F)F)ccnc12. The van der Waals surface area contributed by atoms with Gasteiger partial charge in [-0.25, -0.2) is 9.50 Å². The lowest BCUT2D eigenvalue weighted by atomic mass is 10.0. The molecule has 0 saturated heterocycles. The van der Waals surface area contributed by atoms with Gasteiger partial charge in [-0.2, -0.15) is 18.3 Å². The predicted molar refractivity (Wildman–Crippen MR) is 71.9 cm³/mol. The number of nitrogens with zero attached hydrogens (tertiary/aromatic N) is 3. The largest absolute Gasteiger partial charge is 0.417 e. The van der Waals surface area contributed by atoms with Crippen LogP contribution >= 0.6 is 0 Å². The summed E-state index contributed by atoms with van der Waals surface area (Å²) < 4.78 is 40.6. The fourth-order valence-corrected chi connectivity index (χ4v) is 2.22. The molecular weight excluding hydrogens is 297 g/mol. The van der Waals surface area contributed by atoms with Crippen molar-refractivity contribution in [3.8, 4) is 11.3 Å². The van der Waals surface area contributed by atoms with Gasteiger partial charge in [0.25, 0.3) is 5.91 Å². The van der Waals surface area contributed by atoms with E-state index in [9.17, 15) is 18.0 Å². The Bertz CT molecular complexity index is 870. The molecule has 0 aliphatic heterocycles. The highest BCUT2D eigenvalue weighted by molar-refractivity contribution is 5.98. The molecule has 2 heterocycles. The number of rotatable bonds is 2. The van der Waals surface area contributed by atoms with Gasteiger partial charge in [0.2, 0.25) is 0 Å². The molecule has 1 amide bonds. The van der Waals surface area contributed by atoms with Gasteiger partial charge in [0.1, 0.15) is 5.56 Å². The van der Waals surface area contributed by atoms with E-state index in [4.69, 9.17) is 5.73 Å². The Morgan fingerprint density at radius 1 is 1.18 bits per heavy atom. The number of hydrogen-bond acceptors (Lipinski definition) is 3. The average molecular weight is 306 g/mol. The highest BCUT2D eigenvalue weighted by Crippen LogP contribution is 2.36. The number of carbonyl (C=O) groups is 1. The topological polar surface area (TPSA) is 73.3 Å². The Morgan fingerprint density at radius 2 is 1.91 bits per heavy atom. The predicted octanol–water partition coefficient (Wildman–Crippen LogP) is 2.51. The van der Waals surface area contributed by atoms with Crippen LogP contribution in [0.1, 0.15) is 15.9 Å². The first-order valence-electron chi connectivity index (χ1n) is 6.18. The number of halogens is 3. The van der Waals surface area contributed by atoms with Crippen molar-refractivity contribution in [2.75, 3.05) is 0 Å². The third kappa shape index (κ3) is 2.18. The maximum atomic E-state index is 13.1. The van der Waals surface area contributed by atoms with Gasteiger partial charge in [-0.1, -0.05) is 18.2 Å². The highest BCUT2D eigenvalue weighted by Gasteiger charge is 2.34. The summed E-state index contributed by atoms with van der Waals surface area (Å²) in [5.41, 5.74) is 4.69. The molecule has 22 heavy (non-hydrogen) atoms. The smallest absolute Gasteiger partial charge is 0.365 e. The summed E-state index contributed by atoms with van der Waals surface area (Å²) >= 11 is 0. The summed E-state index contributed by atoms with van der Waals surface area (Å²) in [6, 6.07) is 6.52. The van der Waals surface area contributed by atoms with Crippen molar-refractivity contribution >= 4 is 11.6 Å². The molecular formula is C14H9F3N4O. The quantitative estimate of drug-likeness (QED) is 0.790. The van der Waals surface area contributed by atoms with Crippen molar-refractivity contribution in [2.24, 2.45) is 5.73 Å². The second-order valence-electron chi connectivity index (χ2n) is 4.53. The van der Waals surface area contributed by atoms with Gasteiger partial charge in [-0.3, -0.25) is 4.79 Å². The van der Waals surface area contributed by atoms with E-state index in [0.717, 1.165) is 6.07 Å². The van der Waals surface area contributed by atoms with E-state index >= 15 is 0 Å². The zero-order valence-corrected chi connectivity index (χ0v) is 11.0. The van der Waals surface area contributed by atoms with E-state index in [1.807, 2.05) is 0 Å². The Labute approximate surface area is 122 Å². The van der Waals surface area contributed by atoms with Crippen LogP contribution in [0.5, 0.6) is 0 Å². The Hall–Kier alpha value is -2.90. The molecule has 3 rings (SSSR count). The van der Waals surface area contributed by atoms with Crippen LogP contribution in [0, 0.1) is 0 Å². The van der Waals surface area contributed by atoms with Crippen LogP contribution in [0.4, 0.5) is 13.2 Å². The number of fused-ring (bicyclic) bond motifs is 1. The van der Waals surface area contributed by atoms with E-state index in [1.165, 1.54) is 41.2 Å². The number of alkyl halides is 3. The molecule has 0 unspecified atom stereocenters. The van der Waals surface area contributed by atoms with Crippen LogP contribution in [-0.2, 0) is 6.18 Å². The number of benzene rings is 1. The average Bonchev–Trinajstić information content (AvgIpc) is 2.90. The van der Waals surface area contributed by atoms with Crippen LogP contribution < -0.4 is 5.73 Å². The van der Waals surface area contributed by atoms with Gasteiger partial charge in [0, 0.05) is 11.8 Å². The molecule has 8 heteroatoms. The first-order valence-corrected chi connectivity index (χ1v) is 6.18. The van der Waals surface area contributed by atoms with Crippen molar-refractivity contribution in [1.29, 1.82) is 0 Å². The zero-order chi connectivity index (χ0) is 15.9. The summed E-state index contributed by atoms with van der Waals surface area (Å²) in [6.07, 6.45) is -2.01. The second-order valence-corrected chi connectivity index (χ2v) is 4.53. The standard InChI is InChI=1S/C14H9F3N4O/c15-14(16,17)10-4-2-1-3-8(10)11-5-6-19-13-9(12(18)22)7-20-21(11)13/h1-7H,(H2,18,22). The summed E-state index contributed by atoms with van der Waals surface area (Å²) in [5.74, 6) is -0.747. The molecule has 0 saturated carbocycles. The molecule has 112 valence electrons. The minimum atomic E-state index is -4.51. The monoisotopic (exact) mass is 306 g/mol. The zero-order valence-electron chi connectivity index (χ0n) is 11.0. The summed E-state index contributed by atoms with van der Waals surface area (Å²) in [7, 11) is 0. The van der Waals surface area contributed by atoms with Crippen LogP contribution in [-0.4, -0.2) is 20.5 Å². The molecule has 1 aromatic carbocycles. The summed E-state index contributed by atoms with van der Waals surface area (Å²) in [4.78, 5) is 15.3. The number of nitrogens with two attached hydrogens (primary N) is 1. The van der Waals surface area contributed by atoms with Crippen molar-refractivity contribution in [1.82, 2.24) is 14.6 Å². The van der Waals surface area contributed by atoms with E-state index in [0.29, 0.717) is 0 Å². The third-order valence-electron chi connectivity index (χ3n) is 3.18. The molecule has 2 aromatic heterocycles. The lowest BCUT2D eigenvalue weighted by Gasteiger charge is -2.13. The summed E-state index contributed by atoms with van der Waals surface area (Å²) in [5, 5.41) is 3.93. The molecule has 0 aliphatic carbocycles. The molecule has 0 bridgehead atoms. The molecule has 0 fully saturated rings. The number of aromatic nitrogens is 3. The van der Waals surface area contributed by atoms with E-state index in [2.05, 4.69) is 10.1 Å². The number of carbonyl (C=O) groups excluding carboxylic acids is 1. The number of hydrogen-bond donors (Lipinski definition) is 1. The highest BCUT2D eigenvalue weighted by atomic mass is 19.4. The van der Waals surface area contributed by atoms with Crippen LogP contribution in [0.3, 0.4) is 0 Å². The normalized spacial score (nSPS) is 11.8. The van der Waals surface area contributed by atoms with Gasteiger partial charge in [0.05, 0.1) is 17.5 Å². The molecule has 5 nitrogen and oxygen atoms in total. The Balaban J connectivity index is 2.31. The van der Waals surface area contributed by atoms with Crippen LogP contribution in [0.15, 0.2) is 42.7 Å². The fourth-order valence-electron chi connectivity index (χ4n) is 2.22. The van der Waals surface area contributed by atoms with Gasteiger partial charge < -0.3 is 5.73 Å². The molecule has 3 aromatic rings. The van der Waals surface area contributed by atoms with Gasteiger partial charge >= 0.3 is 6.18 Å². The molecule has 0 aliphatic rings. The maximum Gasteiger partial charge on any atom is 0.417 e. The van der Waals surface area contributed by atoms with Crippen molar-refractivity contribution < 1.29 is 18.0 Å². The first kappa shape index (κ1) is 14.1. The van der Waals surface area contributed by atoms with E-state index in [-0.39, 0.29) is 22.5 Å². The molecule has 2 N–H and O–H groups in total. The lowest BCUT2D eigenvalue weighted by Crippen LogP contribution is -2.11. The van der Waals surface area contributed by atoms with Crippen LogP contribution in [0.2, 0.25) is 0 Å². The summed E-state index contributed by atoms with van der Waals surface area (Å²) in [6.45, 7) is 0. The first-order chi connectivity index (χ1) is 10.4. The minimum Gasteiger partial charge on any atom is -0.365 e. The minimum absolute atomic E-state index is 0.0475. The second kappa shape index (κ2) is 4.83. The van der Waals surface area contributed by atoms with Crippen molar-refractivity contribution in [3.63, 3.8) is 0 Å². The van der Waals surface area contributed by atoms with Gasteiger partial charge in [-0.05, 0) is 12.1 Å². The van der Waals surface area contributed by atoms with E-state index in [1.54, 1.807) is 0 Å². The maximum absolute atomic E-state index is 13.1. The lowest BCUT2D eigenvalue weighted by molar-refractivity contribution is -0.137. The van der Waals surface area contributed by atoms with Crippen molar-refractivity contribution in [3.05, 3.63) is 53.9 Å². The molecule has 0 radical (unpaired) electrons. The number of primary amides is 1. The van der Waals surface area contributed by atoms with Crippen LogP contribution in [0.25, 0.3) is 16.9 Å². The Morgan fingerprint density at radius 3 is 2.59 bits per heavy atom. The Kier molecular flexibility index (Phi) is 3.09. The molecule has 0 spiro atoms. The van der Waals surface area contributed by atoms with Gasteiger partial charge in [0.15, 0.2) is 5.65 Å². The van der Waals surface area contributed by atoms with Gasteiger partial charge in [-0.15, -0.1) is 0 Å². The third-order valence-corrected chi connectivity index (χ3v) is 3.18. The van der Waals surface area contributed by atoms with Crippen molar-refractivity contribution in [2.45, 2.75) is 6.18 Å².